The van der Waals surface area contributed by atoms with Crippen molar-refractivity contribution >= 4 is 23.5 Å². The zero-order chi connectivity index (χ0) is 18.4. The highest BCUT2D eigenvalue weighted by molar-refractivity contribution is 6.03. The van der Waals surface area contributed by atoms with Gasteiger partial charge in [-0.25, -0.2) is 9.59 Å². The maximum Gasteiger partial charge on any atom is 0.339 e. The monoisotopic (exact) mass is 348 g/mol. The number of hydrogen-bond donors (Lipinski definition) is 1. The van der Waals surface area contributed by atoms with Gasteiger partial charge in [-0.1, -0.05) is 6.92 Å². The van der Waals surface area contributed by atoms with Crippen molar-refractivity contribution in [2.75, 3.05) is 39.2 Å². The number of hydrogen-bond acceptors (Lipinski definition) is 6. The molecule has 25 heavy (non-hydrogen) atoms. The first-order chi connectivity index (χ1) is 11.9. The second-order valence-corrected chi connectivity index (χ2v) is 6.27. The minimum atomic E-state index is -0.585. The van der Waals surface area contributed by atoms with Gasteiger partial charge in [-0.05, 0) is 43.5 Å². The van der Waals surface area contributed by atoms with Crippen molar-refractivity contribution < 1.29 is 23.9 Å². The molecule has 7 heteroatoms. The van der Waals surface area contributed by atoms with Crippen molar-refractivity contribution in [3.8, 4) is 0 Å². The standard InChI is InChI=1S/C18H24N2O5/c1-12-5-4-8-20(10-12)11-16(21)19-15-9-13(17(22)24-2)6-7-14(15)18(23)25-3/h6-7,9,12H,4-5,8,10-11H2,1-3H3,(H,19,21)/t12-/m1/s1. The number of methoxy groups -OCH3 is 2. The summed E-state index contributed by atoms with van der Waals surface area (Å²) in [5.74, 6) is -0.800. The van der Waals surface area contributed by atoms with Crippen LogP contribution in [0.2, 0.25) is 0 Å². The van der Waals surface area contributed by atoms with Gasteiger partial charge in [-0.15, -0.1) is 0 Å². The molecular weight excluding hydrogens is 324 g/mol. The summed E-state index contributed by atoms with van der Waals surface area (Å²) in [5.41, 5.74) is 0.678. The average molecular weight is 348 g/mol. The van der Waals surface area contributed by atoms with Crippen molar-refractivity contribution in [3.05, 3.63) is 29.3 Å². The Morgan fingerprint density at radius 2 is 1.92 bits per heavy atom. The fourth-order valence-electron chi connectivity index (χ4n) is 3.00. The quantitative estimate of drug-likeness (QED) is 0.819. The molecule has 1 saturated heterocycles. The van der Waals surface area contributed by atoms with Crippen molar-refractivity contribution in [1.82, 2.24) is 4.90 Å². The van der Waals surface area contributed by atoms with Gasteiger partial charge in [0.2, 0.25) is 5.91 Å². The summed E-state index contributed by atoms with van der Waals surface area (Å²) in [6.07, 6.45) is 2.24. The molecule has 7 nitrogen and oxygen atoms in total. The van der Waals surface area contributed by atoms with Crippen LogP contribution in [0.4, 0.5) is 5.69 Å². The Balaban J connectivity index is 2.15. The molecule has 2 rings (SSSR count). The average Bonchev–Trinajstić information content (AvgIpc) is 2.60. The van der Waals surface area contributed by atoms with Crippen molar-refractivity contribution in [2.45, 2.75) is 19.8 Å². The van der Waals surface area contributed by atoms with Gasteiger partial charge in [0.05, 0.1) is 37.6 Å². The van der Waals surface area contributed by atoms with E-state index in [1.807, 2.05) is 0 Å². The number of nitrogens with zero attached hydrogens (tertiary/aromatic N) is 1. The van der Waals surface area contributed by atoms with E-state index < -0.39 is 11.9 Å². The van der Waals surface area contributed by atoms with Crippen molar-refractivity contribution in [1.29, 1.82) is 0 Å². The van der Waals surface area contributed by atoms with E-state index in [4.69, 9.17) is 4.74 Å². The maximum absolute atomic E-state index is 12.4. The molecule has 0 unspecified atom stereocenters. The molecule has 1 atom stereocenters. The van der Waals surface area contributed by atoms with E-state index in [2.05, 4.69) is 21.9 Å². The van der Waals surface area contributed by atoms with Crippen LogP contribution in [-0.4, -0.2) is 56.6 Å². The fourth-order valence-corrected chi connectivity index (χ4v) is 3.00. The molecule has 0 bridgehead atoms. The third-order valence-corrected chi connectivity index (χ3v) is 4.23. The molecule has 0 aromatic heterocycles. The highest BCUT2D eigenvalue weighted by Gasteiger charge is 2.21. The van der Waals surface area contributed by atoms with Gasteiger partial charge < -0.3 is 14.8 Å². The second kappa shape index (κ2) is 8.62. The van der Waals surface area contributed by atoms with E-state index >= 15 is 0 Å². The highest BCUT2D eigenvalue weighted by atomic mass is 16.5. The first-order valence-electron chi connectivity index (χ1n) is 8.27. The fraction of sp³-hybridized carbons (Fsp3) is 0.500. The summed E-state index contributed by atoms with van der Waals surface area (Å²) >= 11 is 0. The number of carbonyl (C=O) groups is 3. The molecule has 0 aliphatic carbocycles. The number of piperidine rings is 1. The highest BCUT2D eigenvalue weighted by Crippen LogP contribution is 2.20. The van der Waals surface area contributed by atoms with Crippen LogP contribution < -0.4 is 5.32 Å². The van der Waals surface area contributed by atoms with E-state index in [1.54, 1.807) is 0 Å². The topological polar surface area (TPSA) is 84.9 Å². The van der Waals surface area contributed by atoms with Crippen LogP contribution in [0.3, 0.4) is 0 Å². The van der Waals surface area contributed by atoms with E-state index in [-0.39, 0.29) is 29.3 Å². The lowest BCUT2D eigenvalue weighted by atomic mass is 10.0. The number of rotatable bonds is 5. The Labute approximate surface area is 147 Å². The molecule has 0 saturated carbocycles. The molecule has 1 aliphatic rings. The number of esters is 2. The van der Waals surface area contributed by atoms with Crippen LogP contribution in [0.1, 0.15) is 40.5 Å². The van der Waals surface area contributed by atoms with Gasteiger partial charge in [-0.3, -0.25) is 9.69 Å². The summed E-state index contributed by atoms with van der Waals surface area (Å²) < 4.78 is 9.41. The number of nitrogens with one attached hydrogen (secondary N) is 1. The van der Waals surface area contributed by atoms with Crippen LogP contribution in [0, 0.1) is 5.92 Å². The zero-order valence-corrected chi connectivity index (χ0v) is 14.8. The Kier molecular flexibility index (Phi) is 6.52. The molecular formula is C18H24N2O5. The second-order valence-electron chi connectivity index (χ2n) is 6.27. The lowest BCUT2D eigenvalue weighted by molar-refractivity contribution is -0.117. The Bertz CT molecular complexity index is 659. The Hall–Kier alpha value is -2.41. The first kappa shape index (κ1) is 18.9. The summed E-state index contributed by atoms with van der Waals surface area (Å²) in [5, 5.41) is 2.72. The smallest absolute Gasteiger partial charge is 0.339 e. The lowest BCUT2D eigenvalue weighted by Crippen LogP contribution is -2.39. The number of carbonyl (C=O) groups excluding carboxylic acids is 3. The van der Waals surface area contributed by atoms with Gasteiger partial charge in [0.15, 0.2) is 0 Å². The maximum atomic E-state index is 12.4. The molecule has 1 amide bonds. The normalized spacial score (nSPS) is 17.6. The summed E-state index contributed by atoms with van der Waals surface area (Å²) in [7, 11) is 2.53. The number of ether oxygens (including phenoxy) is 2. The summed E-state index contributed by atoms with van der Waals surface area (Å²) in [4.78, 5) is 38.1. The molecule has 0 spiro atoms. The lowest BCUT2D eigenvalue weighted by Gasteiger charge is -2.30. The molecule has 1 aliphatic heterocycles. The molecule has 0 radical (unpaired) electrons. The minimum Gasteiger partial charge on any atom is -0.465 e. The molecule has 1 aromatic rings. The van der Waals surface area contributed by atoms with Gasteiger partial charge in [0.25, 0.3) is 0 Å². The van der Waals surface area contributed by atoms with E-state index in [1.165, 1.54) is 38.8 Å². The molecule has 136 valence electrons. The van der Waals surface area contributed by atoms with Gasteiger partial charge in [-0.2, -0.15) is 0 Å². The molecule has 1 aromatic carbocycles. The molecule has 1 heterocycles. The minimum absolute atomic E-state index is 0.190. The van der Waals surface area contributed by atoms with Crippen LogP contribution in [-0.2, 0) is 14.3 Å². The predicted octanol–water partition coefficient (Wildman–Crippen LogP) is 1.93. The van der Waals surface area contributed by atoms with Gasteiger partial charge in [0, 0.05) is 6.54 Å². The van der Waals surface area contributed by atoms with Crippen LogP contribution in [0.25, 0.3) is 0 Å². The van der Waals surface area contributed by atoms with E-state index in [9.17, 15) is 14.4 Å². The number of amides is 1. The van der Waals surface area contributed by atoms with Crippen molar-refractivity contribution in [3.63, 3.8) is 0 Å². The molecule has 1 fully saturated rings. The Morgan fingerprint density at radius 1 is 1.20 bits per heavy atom. The number of benzene rings is 1. The molecule has 1 N–H and O–H groups in total. The third kappa shape index (κ3) is 5.03. The van der Waals surface area contributed by atoms with E-state index in [0.29, 0.717) is 5.92 Å². The van der Waals surface area contributed by atoms with Crippen molar-refractivity contribution in [2.24, 2.45) is 5.92 Å². The number of anilines is 1. The summed E-state index contributed by atoms with van der Waals surface area (Å²) in [6.45, 7) is 4.16. The van der Waals surface area contributed by atoms with E-state index in [0.717, 1.165) is 19.5 Å². The number of likely N-dealkylation sites (tertiary alicyclic amines) is 1. The largest absolute Gasteiger partial charge is 0.465 e. The Morgan fingerprint density at radius 3 is 2.56 bits per heavy atom. The van der Waals surface area contributed by atoms with Crippen LogP contribution >= 0.6 is 0 Å². The van der Waals surface area contributed by atoms with Gasteiger partial charge in [0.1, 0.15) is 0 Å². The first-order valence-corrected chi connectivity index (χ1v) is 8.27. The predicted molar refractivity (Wildman–Crippen MR) is 92.6 cm³/mol. The van der Waals surface area contributed by atoms with Crippen LogP contribution in [0.15, 0.2) is 18.2 Å². The van der Waals surface area contributed by atoms with Crippen LogP contribution in [0.5, 0.6) is 0 Å². The SMILES string of the molecule is COC(=O)c1ccc(C(=O)OC)c(NC(=O)CN2CCC[C@@H](C)C2)c1. The zero-order valence-electron chi connectivity index (χ0n) is 14.8. The van der Waals surface area contributed by atoms with Gasteiger partial charge >= 0.3 is 11.9 Å². The third-order valence-electron chi connectivity index (χ3n) is 4.23. The summed E-state index contributed by atoms with van der Waals surface area (Å²) in [6, 6.07) is 4.32.